The summed E-state index contributed by atoms with van der Waals surface area (Å²) in [6, 6.07) is 4.55. The number of benzene rings is 2. The van der Waals surface area contributed by atoms with Gasteiger partial charge in [0.05, 0.1) is 11.6 Å². The van der Waals surface area contributed by atoms with E-state index in [0.29, 0.717) is 12.8 Å². The van der Waals surface area contributed by atoms with Gasteiger partial charge in [0.15, 0.2) is 11.6 Å². The van der Waals surface area contributed by atoms with Crippen LogP contribution in [0.15, 0.2) is 41.3 Å². The SMILES string of the molecule is O=C(NC1CN(S(=O)(=O)c2ccc(Cl)cc2Cl)C2CN(C3CC3)C(=O)C(Cc3ccc(F)c(F)c3)N2C1=O)C1CCC1. The van der Waals surface area contributed by atoms with Crippen molar-refractivity contribution in [2.24, 2.45) is 5.92 Å². The summed E-state index contributed by atoms with van der Waals surface area (Å²) in [4.78, 5) is 43.4. The third-order valence-electron chi connectivity index (χ3n) is 8.51. The predicted molar refractivity (Wildman–Crippen MR) is 149 cm³/mol. The van der Waals surface area contributed by atoms with Gasteiger partial charge >= 0.3 is 0 Å². The number of carbonyl (C=O) groups is 3. The maximum Gasteiger partial charge on any atom is 0.248 e. The molecule has 2 aromatic carbocycles. The van der Waals surface area contributed by atoms with E-state index in [0.717, 1.165) is 35.7 Å². The van der Waals surface area contributed by atoms with Crippen molar-refractivity contribution in [2.45, 2.75) is 67.7 Å². The molecular weight excluding hydrogens is 613 g/mol. The minimum absolute atomic E-state index is 0.0861. The van der Waals surface area contributed by atoms with Crippen molar-refractivity contribution in [3.63, 3.8) is 0 Å². The van der Waals surface area contributed by atoms with Crippen LogP contribution in [0.4, 0.5) is 8.78 Å². The van der Waals surface area contributed by atoms with E-state index in [1.165, 1.54) is 29.2 Å². The number of hydrogen-bond acceptors (Lipinski definition) is 5. The van der Waals surface area contributed by atoms with Crippen molar-refractivity contribution in [2.75, 3.05) is 13.1 Å². The minimum atomic E-state index is -4.39. The molecule has 0 radical (unpaired) electrons. The molecule has 4 fully saturated rings. The Hall–Kier alpha value is -2.80. The fraction of sp³-hybridized carbons (Fsp3) is 0.464. The van der Waals surface area contributed by atoms with Gasteiger partial charge in [-0.1, -0.05) is 35.7 Å². The van der Waals surface area contributed by atoms with Gasteiger partial charge < -0.3 is 15.1 Å². The van der Waals surface area contributed by atoms with Crippen LogP contribution in [0.2, 0.25) is 10.0 Å². The first kappa shape index (κ1) is 29.3. The van der Waals surface area contributed by atoms with Crippen LogP contribution in [-0.4, -0.2) is 77.6 Å². The molecule has 9 nitrogen and oxygen atoms in total. The Morgan fingerprint density at radius 3 is 2.31 bits per heavy atom. The molecule has 2 aliphatic carbocycles. The summed E-state index contributed by atoms with van der Waals surface area (Å²) in [5.74, 6) is -3.84. The maximum absolute atomic E-state index is 14.2. The summed E-state index contributed by atoms with van der Waals surface area (Å²) in [6.07, 6.45) is 2.34. The topological polar surface area (TPSA) is 107 Å². The van der Waals surface area contributed by atoms with E-state index in [1.807, 2.05) is 0 Å². The van der Waals surface area contributed by atoms with Crippen molar-refractivity contribution in [3.8, 4) is 0 Å². The van der Waals surface area contributed by atoms with Crippen LogP contribution in [0.5, 0.6) is 0 Å². The normalized spacial score (nSPS) is 25.3. The summed E-state index contributed by atoms with van der Waals surface area (Å²) in [6.45, 7) is -0.457. The summed E-state index contributed by atoms with van der Waals surface area (Å²) >= 11 is 12.3. The maximum atomic E-state index is 14.2. The molecule has 3 atom stereocenters. The quantitative estimate of drug-likeness (QED) is 0.500. The Balaban J connectivity index is 1.43. The number of fused-ring (bicyclic) bond motifs is 1. The molecule has 2 saturated carbocycles. The molecule has 0 spiro atoms. The zero-order valence-corrected chi connectivity index (χ0v) is 24.6. The number of sulfonamides is 1. The number of hydrogen-bond donors (Lipinski definition) is 1. The Morgan fingerprint density at radius 1 is 0.952 bits per heavy atom. The van der Waals surface area contributed by atoms with E-state index in [2.05, 4.69) is 5.32 Å². The molecule has 42 heavy (non-hydrogen) atoms. The number of halogens is 4. The summed E-state index contributed by atoms with van der Waals surface area (Å²) in [5, 5.41) is 2.83. The van der Waals surface area contributed by atoms with Crippen LogP contribution in [0, 0.1) is 17.6 Å². The molecule has 0 aromatic heterocycles. The summed E-state index contributed by atoms with van der Waals surface area (Å²) < 4.78 is 57.3. The van der Waals surface area contributed by atoms with Crippen LogP contribution in [0.3, 0.4) is 0 Å². The van der Waals surface area contributed by atoms with E-state index in [9.17, 15) is 31.6 Å². The van der Waals surface area contributed by atoms with Crippen molar-refractivity contribution >= 4 is 50.9 Å². The van der Waals surface area contributed by atoms with Crippen molar-refractivity contribution in [1.29, 1.82) is 0 Å². The minimum Gasteiger partial charge on any atom is -0.343 e. The summed E-state index contributed by atoms with van der Waals surface area (Å²) in [7, 11) is -4.39. The Kier molecular flexibility index (Phi) is 7.70. The third-order valence-corrected chi connectivity index (χ3v) is 11.1. The van der Waals surface area contributed by atoms with Gasteiger partial charge in [0.25, 0.3) is 0 Å². The molecule has 2 aromatic rings. The summed E-state index contributed by atoms with van der Waals surface area (Å²) in [5.41, 5.74) is 0.257. The van der Waals surface area contributed by atoms with Crippen LogP contribution >= 0.6 is 23.2 Å². The van der Waals surface area contributed by atoms with E-state index in [4.69, 9.17) is 23.2 Å². The average Bonchev–Trinajstić information content (AvgIpc) is 3.73. The lowest BCUT2D eigenvalue weighted by Crippen LogP contribution is -2.76. The molecule has 2 saturated heterocycles. The lowest BCUT2D eigenvalue weighted by atomic mass is 9.84. The average molecular weight is 642 g/mol. The smallest absolute Gasteiger partial charge is 0.248 e. The fourth-order valence-electron chi connectivity index (χ4n) is 5.89. The number of rotatable bonds is 7. The standard InChI is InChI=1S/C28H28Cl2F2N4O5S/c29-17-5-9-24(19(30)12-17)42(40,41)35-13-22(33-26(37)16-2-1-3-16)27(38)36-23(11-15-4-8-20(31)21(32)10-15)28(39)34(14-25(35)36)18-6-7-18/h4-5,8-10,12,16,18,22-23,25H,1-3,6-7,11,13-14H2,(H,33,37). The van der Waals surface area contributed by atoms with Crippen LogP contribution in [0.25, 0.3) is 0 Å². The van der Waals surface area contributed by atoms with Gasteiger partial charge in [0.1, 0.15) is 23.1 Å². The molecule has 3 unspecified atom stereocenters. The highest BCUT2D eigenvalue weighted by Crippen LogP contribution is 2.38. The highest BCUT2D eigenvalue weighted by molar-refractivity contribution is 7.89. The van der Waals surface area contributed by atoms with E-state index < -0.39 is 51.7 Å². The zero-order valence-electron chi connectivity index (χ0n) is 22.3. The number of nitrogens with one attached hydrogen (secondary N) is 1. The van der Waals surface area contributed by atoms with E-state index in [1.54, 1.807) is 4.90 Å². The molecular formula is C28H28Cl2F2N4O5S. The Labute approximate surface area is 251 Å². The van der Waals surface area contributed by atoms with Gasteiger partial charge in [-0.05, 0) is 61.6 Å². The van der Waals surface area contributed by atoms with E-state index in [-0.39, 0.29) is 57.9 Å². The van der Waals surface area contributed by atoms with Crippen molar-refractivity contribution < 1.29 is 31.6 Å². The third kappa shape index (κ3) is 5.27. The molecule has 224 valence electrons. The van der Waals surface area contributed by atoms with Crippen LogP contribution < -0.4 is 5.32 Å². The first-order valence-electron chi connectivity index (χ1n) is 13.8. The van der Waals surface area contributed by atoms with Gasteiger partial charge in [0.2, 0.25) is 27.7 Å². The van der Waals surface area contributed by atoms with Crippen molar-refractivity contribution in [1.82, 2.24) is 19.4 Å². The number of nitrogens with zero attached hydrogens (tertiary/aromatic N) is 3. The van der Waals surface area contributed by atoms with Crippen LogP contribution in [0.1, 0.15) is 37.7 Å². The van der Waals surface area contributed by atoms with Crippen LogP contribution in [-0.2, 0) is 30.8 Å². The van der Waals surface area contributed by atoms with Gasteiger partial charge in [-0.15, -0.1) is 0 Å². The van der Waals surface area contributed by atoms with Gasteiger partial charge in [0, 0.05) is 29.9 Å². The van der Waals surface area contributed by atoms with E-state index >= 15 is 0 Å². The first-order valence-corrected chi connectivity index (χ1v) is 16.0. The number of amides is 3. The lowest BCUT2D eigenvalue weighted by Gasteiger charge is -2.53. The van der Waals surface area contributed by atoms with Gasteiger partial charge in [-0.25, -0.2) is 17.2 Å². The molecule has 0 bridgehead atoms. The molecule has 14 heteroatoms. The largest absolute Gasteiger partial charge is 0.343 e. The lowest BCUT2D eigenvalue weighted by molar-refractivity contribution is -0.168. The molecule has 2 aliphatic heterocycles. The second-order valence-electron chi connectivity index (χ2n) is 11.3. The Bertz CT molecular complexity index is 1570. The van der Waals surface area contributed by atoms with Gasteiger partial charge in [-0.2, -0.15) is 4.31 Å². The molecule has 6 rings (SSSR count). The second kappa shape index (κ2) is 11.0. The number of carbonyl (C=O) groups excluding carboxylic acids is 3. The number of piperazine rings is 1. The molecule has 3 amide bonds. The zero-order chi connectivity index (χ0) is 29.9. The Morgan fingerprint density at radius 2 is 1.69 bits per heavy atom. The molecule has 2 heterocycles. The molecule has 4 aliphatic rings. The monoisotopic (exact) mass is 640 g/mol. The highest BCUT2D eigenvalue weighted by atomic mass is 35.5. The highest BCUT2D eigenvalue weighted by Gasteiger charge is 2.56. The molecule has 1 N–H and O–H groups in total. The first-order chi connectivity index (χ1) is 20.0. The van der Waals surface area contributed by atoms with Gasteiger partial charge in [-0.3, -0.25) is 14.4 Å². The predicted octanol–water partition coefficient (Wildman–Crippen LogP) is 3.33. The fourth-order valence-corrected chi connectivity index (χ4v) is 8.22. The second-order valence-corrected chi connectivity index (χ2v) is 14.0. The van der Waals surface area contributed by atoms with Crippen molar-refractivity contribution in [3.05, 3.63) is 63.6 Å².